The van der Waals surface area contributed by atoms with Gasteiger partial charge in [-0.15, -0.1) is 5.10 Å². The molecular formula is C25H26N6O2S. The van der Waals surface area contributed by atoms with E-state index in [9.17, 15) is 4.79 Å². The number of tetrazole rings is 1. The van der Waals surface area contributed by atoms with Crippen LogP contribution < -0.4 is 15.0 Å². The normalized spacial score (nSPS) is 10.8. The maximum Gasteiger partial charge on any atom is 0.237 e. The first-order valence-electron chi connectivity index (χ1n) is 10.8. The maximum atomic E-state index is 13.2. The first kappa shape index (κ1) is 23.3. The highest BCUT2D eigenvalue weighted by atomic mass is 32.2. The largest absolute Gasteiger partial charge is 0.497 e. The Morgan fingerprint density at radius 3 is 2.32 bits per heavy atom. The number of aromatic nitrogens is 4. The van der Waals surface area contributed by atoms with Crippen LogP contribution in [0.5, 0.6) is 5.75 Å². The molecule has 1 aromatic heterocycles. The molecule has 0 bridgehead atoms. The van der Waals surface area contributed by atoms with Crippen molar-refractivity contribution in [2.45, 2.75) is 25.0 Å². The van der Waals surface area contributed by atoms with Gasteiger partial charge in [-0.25, -0.2) is 0 Å². The van der Waals surface area contributed by atoms with Gasteiger partial charge in [-0.05, 0) is 84.9 Å². The summed E-state index contributed by atoms with van der Waals surface area (Å²) in [4.78, 5) is 15.0. The van der Waals surface area contributed by atoms with Crippen LogP contribution in [0.2, 0.25) is 0 Å². The Bertz CT molecular complexity index is 1210. The molecule has 0 unspecified atom stereocenters. The minimum Gasteiger partial charge on any atom is -0.497 e. The lowest BCUT2D eigenvalue weighted by molar-refractivity contribution is -0.116. The summed E-state index contributed by atoms with van der Waals surface area (Å²) >= 11 is 1.30. The highest BCUT2D eigenvalue weighted by Crippen LogP contribution is 2.25. The molecule has 0 atom stereocenters. The number of thioether (sulfide) groups is 1. The van der Waals surface area contributed by atoms with Gasteiger partial charge in [0.15, 0.2) is 0 Å². The lowest BCUT2D eigenvalue weighted by atomic mass is 10.2. The summed E-state index contributed by atoms with van der Waals surface area (Å²) in [6.45, 7) is 4.00. The second-order valence-corrected chi connectivity index (χ2v) is 8.70. The van der Waals surface area contributed by atoms with Gasteiger partial charge < -0.3 is 15.0 Å². The number of rotatable bonds is 9. The molecule has 1 amide bonds. The van der Waals surface area contributed by atoms with E-state index in [1.807, 2.05) is 92.7 Å². The third kappa shape index (κ3) is 5.55. The number of carbonyl (C=O) groups excluding carboxylic acids is 1. The topological polar surface area (TPSA) is 85.2 Å². The Hall–Kier alpha value is -3.85. The van der Waals surface area contributed by atoms with E-state index in [0.29, 0.717) is 5.16 Å². The van der Waals surface area contributed by atoms with E-state index in [-0.39, 0.29) is 17.7 Å². The number of anilines is 3. The summed E-state index contributed by atoms with van der Waals surface area (Å²) in [6.07, 6.45) is 0. The zero-order valence-electron chi connectivity index (χ0n) is 19.3. The molecule has 0 fully saturated rings. The van der Waals surface area contributed by atoms with Crippen molar-refractivity contribution >= 4 is 34.7 Å². The molecule has 4 rings (SSSR count). The molecule has 0 aliphatic heterocycles. The maximum absolute atomic E-state index is 13.2. The van der Waals surface area contributed by atoms with Crippen LogP contribution in [0.4, 0.5) is 17.1 Å². The highest BCUT2D eigenvalue weighted by molar-refractivity contribution is 7.99. The minimum atomic E-state index is -0.0203. The summed E-state index contributed by atoms with van der Waals surface area (Å²) in [5.41, 5.74) is 3.61. The van der Waals surface area contributed by atoms with Gasteiger partial charge in [0.1, 0.15) is 5.75 Å². The lowest BCUT2D eigenvalue weighted by Crippen LogP contribution is -2.38. The fraction of sp³-hybridized carbons (Fsp3) is 0.200. The molecule has 1 heterocycles. The highest BCUT2D eigenvalue weighted by Gasteiger charge is 2.21. The van der Waals surface area contributed by atoms with Crippen LogP contribution in [0.25, 0.3) is 5.69 Å². The average molecular weight is 475 g/mol. The molecule has 0 aliphatic carbocycles. The van der Waals surface area contributed by atoms with Gasteiger partial charge >= 0.3 is 0 Å². The quantitative estimate of drug-likeness (QED) is 0.344. The summed E-state index contributed by atoms with van der Waals surface area (Å²) < 4.78 is 6.82. The molecule has 8 nitrogen and oxygen atoms in total. The summed E-state index contributed by atoms with van der Waals surface area (Å²) in [5.74, 6) is 0.936. The number of para-hydroxylation sites is 1. The van der Waals surface area contributed by atoms with E-state index in [1.165, 1.54) is 11.8 Å². The van der Waals surface area contributed by atoms with Crippen molar-refractivity contribution in [3.8, 4) is 11.4 Å². The van der Waals surface area contributed by atoms with Crippen molar-refractivity contribution in [2.24, 2.45) is 0 Å². The van der Waals surface area contributed by atoms with Gasteiger partial charge in [0.05, 0.1) is 18.6 Å². The second-order valence-electron chi connectivity index (χ2n) is 7.76. The van der Waals surface area contributed by atoms with Gasteiger partial charge in [0.2, 0.25) is 11.1 Å². The fourth-order valence-electron chi connectivity index (χ4n) is 3.47. The number of hydrogen-bond acceptors (Lipinski definition) is 7. The lowest BCUT2D eigenvalue weighted by Gasteiger charge is -2.27. The number of methoxy groups -OCH3 is 1. The van der Waals surface area contributed by atoms with Crippen molar-refractivity contribution in [2.75, 3.05) is 23.1 Å². The van der Waals surface area contributed by atoms with E-state index in [1.54, 1.807) is 16.7 Å². The van der Waals surface area contributed by atoms with Crippen molar-refractivity contribution in [1.29, 1.82) is 0 Å². The standard InChI is InChI=1S/C25H26N6O2S/c1-18(2)30(21-11-9-20(10-12-21)26-19-7-5-4-6-8-19)24(32)17-34-25-27-28-29-31(25)22-13-15-23(33-3)16-14-22/h4-16,18,26H,17H2,1-3H3. The van der Waals surface area contributed by atoms with Crippen LogP contribution in [0, 0.1) is 0 Å². The number of ether oxygens (including phenoxy) is 1. The molecule has 0 radical (unpaired) electrons. The Kier molecular flexibility index (Phi) is 7.44. The molecule has 1 N–H and O–H groups in total. The predicted octanol–water partition coefficient (Wildman–Crippen LogP) is 4.95. The van der Waals surface area contributed by atoms with E-state index >= 15 is 0 Å². The van der Waals surface area contributed by atoms with E-state index < -0.39 is 0 Å². The number of nitrogens with one attached hydrogen (secondary N) is 1. The Morgan fingerprint density at radius 1 is 1.00 bits per heavy atom. The van der Waals surface area contributed by atoms with Crippen molar-refractivity contribution < 1.29 is 9.53 Å². The summed E-state index contributed by atoms with van der Waals surface area (Å²) in [5, 5.41) is 15.8. The van der Waals surface area contributed by atoms with E-state index in [2.05, 4.69) is 20.8 Å². The third-order valence-corrected chi connectivity index (χ3v) is 5.98. The van der Waals surface area contributed by atoms with Crippen LogP contribution in [-0.2, 0) is 4.79 Å². The second kappa shape index (κ2) is 10.8. The molecule has 0 aliphatic rings. The molecule has 0 spiro atoms. The van der Waals surface area contributed by atoms with Gasteiger partial charge in [-0.3, -0.25) is 4.79 Å². The molecule has 174 valence electrons. The smallest absolute Gasteiger partial charge is 0.237 e. The SMILES string of the molecule is COc1ccc(-n2nnnc2SCC(=O)N(c2ccc(Nc3ccccc3)cc2)C(C)C)cc1. The number of amides is 1. The molecule has 3 aromatic carbocycles. The van der Waals surface area contributed by atoms with Gasteiger partial charge in [0.25, 0.3) is 0 Å². The van der Waals surface area contributed by atoms with Gasteiger partial charge in [-0.2, -0.15) is 4.68 Å². The Labute approximate surface area is 202 Å². The summed E-state index contributed by atoms with van der Waals surface area (Å²) in [6, 6.07) is 25.2. The molecule has 34 heavy (non-hydrogen) atoms. The van der Waals surface area contributed by atoms with E-state index in [4.69, 9.17) is 4.74 Å². The minimum absolute atomic E-state index is 0.00128. The van der Waals surface area contributed by atoms with Gasteiger partial charge in [0, 0.05) is 23.1 Å². The van der Waals surface area contributed by atoms with Crippen LogP contribution >= 0.6 is 11.8 Å². The molecule has 9 heteroatoms. The number of benzene rings is 3. The van der Waals surface area contributed by atoms with E-state index in [0.717, 1.165) is 28.5 Å². The predicted molar refractivity (Wildman–Crippen MR) is 135 cm³/mol. The number of nitrogens with zero attached hydrogens (tertiary/aromatic N) is 5. The van der Waals surface area contributed by atoms with Crippen LogP contribution in [-0.4, -0.2) is 45.0 Å². The van der Waals surface area contributed by atoms with Crippen LogP contribution in [0.15, 0.2) is 84.0 Å². The number of carbonyl (C=O) groups is 1. The fourth-order valence-corrected chi connectivity index (χ4v) is 4.22. The zero-order valence-corrected chi connectivity index (χ0v) is 20.1. The molecular weight excluding hydrogens is 448 g/mol. The first-order valence-corrected chi connectivity index (χ1v) is 11.8. The Morgan fingerprint density at radius 2 is 1.68 bits per heavy atom. The zero-order chi connectivity index (χ0) is 23.9. The van der Waals surface area contributed by atoms with Crippen molar-refractivity contribution in [3.63, 3.8) is 0 Å². The van der Waals surface area contributed by atoms with Crippen LogP contribution in [0.1, 0.15) is 13.8 Å². The molecule has 0 saturated carbocycles. The van der Waals surface area contributed by atoms with Crippen LogP contribution in [0.3, 0.4) is 0 Å². The first-order chi connectivity index (χ1) is 16.5. The Balaban J connectivity index is 1.43. The van der Waals surface area contributed by atoms with Crippen molar-refractivity contribution in [3.05, 3.63) is 78.9 Å². The molecule has 4 aromatic rings. The third-order valence-electron chi connectivity index (χ3n) is 5.08. The van der Waals surface area contributed by atoms with Crippen molar-refractivity contribution in [1.82, 2.24) is 20.2 Å². The monoisotopic (exact) mass is 474 g/mol. The average Bonchev–Trinajstić information content (AvgIpc) is 3.33. The summed E-state index contributed by atoms with van der Waals surface area (Å²) in [7, 11) is 1.62. The van der Waals surface area contributed by atoms with Gasteiger partial charge in [-0.1, -0.05) is 30.0 Å². The number of hydrogen-bond donors (Lipinski definition) is 1. The molecule has 0 saturated heterocycles.